The van der Waals surface area contributed by atoms with E-state index in [-0.39, 0.29) is 46.7 Å². The number of ether oxygens (including phenoxy) is 2. The number of anilines is 1. The minimum atomic E-state index is -0.530. The van der Waals surface area contributed by atoms with Crippen molar-refractivity contribution in [2.45, 2.75) is 79.0 Å². The maximum Gasteiger partial charge on any atom is 0.410 e. The number of likely N-dealkylation sites (tertiary alicyclic amines) is 1. The Morgan fingerprint density at radius 2 is 1.72 bits per heavy atom. The van der Waals surface area contributed by atoms with E-state index in [4.69, 9.17) is 9.47 Å². The number of carbonyl (C=O) groups is 2. The molecule has 2 aromatic rings. The van der Waals surface area contributed by atoms with Crippen LogP contribution in [0.3, 0.4) is 0 Å². The van der Waals surface area contributed by atoms with Gasteiger partial charge in [-0.25, -0.2) is 14.2 Å². The molecule has 0 unspecified atom stereocenters. The van der Waals surface area contributed by atoms with Crippen molar-refractivity contribution in [2.24, 2.45) is 5.41 Å². The molecule has 2 saturated heterocycles. The molecule has 2 aliphatic rings. The summed E-state index contributed by atoms with van der Waals surface area (Å²) in [5, 5.41) is 8.04. The molecule has 0 N–H and O–H groups in total. The maximum absolute atomic E-state index is 14.2. The van der Waals surface area contributed by atoms with Gasteiger partial charge in [0.1, 0.15) is 23.5 Å². The highest BCUT2D eigenvalue weighted by molar-refractivity contribution is 5.97. The number of halogens is 1. The fraction of sp³-hybridized carbons (Fsp3) is 0.607. The Morgan fingerprint density at radius 3 is 2.31 bits per heavy atom. The average Bonchev–Trinajstić information content (AvgIpc) is 2.82. The van der Waals surface area contributed by atoms with Gasteiger partial charge in [0.25, 0.3) is 11.8 Å². The van der Waals surface area contributed by atoms with Crippen LogP contribution in [0.15, 0.2) is 24.5 Å². The minimum absolute atomic E-state index is 0.0623. The number of aromatic nitrogens is 3. The molecule has 2 amide bonds. The summed E-state index contributed by atoms with van der Waals surface area (Å²) in [5.74, 6) is 0.000102. The summed E-state index contributed by atoms with van der Waals surface area (Å²) in [6.45, 7) is 16.0. The predicted molar refractivity (Wildman–Crippen MR) is 144 cm³/mol. The first-order chi connectivity index (χ1) is 18.3. The van der Waals surface area contributed by atoms with Gasteiger partial charge >= 0.3 is 6.09 Å². The van der Waals surface area contributed by atoms with Gasteiger partial charge in [0.05, 0.1) is 5.56 Å². The van der Waals surface area contributed by atoms with Crippen LogP contribution in [0.4, 0.5) is 15.0 Å². The summed E-state index contributed by atoms with van der Waals surface area (Å²) in [5.41, 5.74) is -0.344. The second-order valence-electron chi connectivity index (χ2n) is 12.1. The van der Waals surface area contributed by atoms with Gasteiger partial charge < -0.3 is 24.2 Å². The van der Waals surface area contributed by atoms with E-state index in [1.54, 1.807) is 9.80 Å². The molecule has 4 rings (SSSR count). The van der Waals surface area contributed by atoms with E-state index >= 15 is 0 Å². The Kier molecular flexibility index (Phi) is 7.99. The smallest absolute Gasteiger partial charge is 0.410 e. The van der Waals surface area contributed by atoms with Crippen LogP contribution >= 0.6 is 0 Å². The van der Waals surface area contributed by atoms with Crippen LogP contribution in [-0.4, -0.2) is 80.8 Å². The molecule has 0 saturated carbocycles. The van der Waals surface area contributed by atoms with Gasteiger partial charge in [-0.3, -0.25) is 4.79 Å². The van der Waals surface area contributed by atoms with E-state index in [2.05, 4.69) is 20.1 Å². The molecule has 1 spiro atoms. The van der Waals surface area contributed by atoms with Crippen LogP contribution in [0.5, 0.6) is 11.6 Å². The van der Waals surface area contributed by atoms with Crippen LogP contribution < -0.4 is 9.64 Å². The fourth-order valence-electron chi connectivity index (χ4n) is 5.33. The van der Waals surface area contributed by atoms with E-state index in [9.17, 15) is 14.0 Å². The molecule has 212 valence electrons. The zero-order valence-electron chi connectivity index (χ0n) is 23.9. The molecule has 1 aromatic heterocycles. The van der Waals surface area contributed by atoms with Crippen LogP contribution in [0, 0.1) is 11.2 Å². The zero-order valence-corrected chi connectivity index (χ0v) is 23.9. The summed E-state index contributed by atoms with van der Waals surface area (Å²) >= 11 is 0. The Labute approximate surface area is 229 Å². The summed E-state index contributed by atoms with van der Waals surface area (Å²) in [6.07, 6.45) is 2.79. The van der Waals surface area contributed by atoms with E-state index in [0.29, 0.717) is 18.9 Å². The van der Waals surface area contributed by atoms with Gasteiger partial charge in [-0.05, 0) is 79.5 Å². The van der Waals surface area contributed by atoms with Gasteiger partial charge in [0.2, 0.25) is 0 Å². The van der Waals surface area contributed by atoms with Crippen molar-refractivity contribution in [3.63, 3.8) is 0 Å². The first-order valence-corrected chi connectivity index (χ1v) is 13.5. The van der Waals surface area contributed by atoms with E-state index in [1.165, 1.54) is 24.5 Å². The largest absolute Gasteiger partial charge is 0.444 e. The molecule has 0 aliphatic carbocycles. The first-order valence-electron chi connectivity index (χ1n) is 13.5. The third kappa shape index (κ3) is 6.39. The molecular formula is C28H39FN6O4. The Morgan fingerprint density at radius 1 is 1.08 bits per heavy atom. The Hall–Kier alpha value is -3.50. The van der Waals surface area contributed by atoms with Crippen molar-refractivity contribution < 1.29 is 23.5 Å². The monoisotopic (exact) mass is 542 g/mol. The lowest BCUT2D eigenvalue weighted by Crippen LogP contribution is -2.61. The highest BCUT2D eigenvalue weighted by Crippen LogP contribution is 2.44. The van der Waals surface area contributed by atoms with Crippen LogP contribution in [-0.2, 0) is 4.74 Å². The molecule has 11 heteroatoms. The molecule has 1 aromatic carbocycles. The molecule has 2 fully saturated rings. The second-order valence-corrected chi connectivity index (χ2v) is 12.1. The van der Waals surface area contributed by atoms with Crippen molar-refractivity contribution >= 4 is 17.8 Å². The Bertz CT molecular complexity index is 1190. The van der Waals surface area contributed by atoms with Gasteiger partial charge in [0.15, 0.2) is 5.82 Å². The lowest BCUT2D eigenvalue weighted by atomic mass is 9.72. The standard InChI is InChI=1S/C28H39FN6O4/c1-18(2)35(19(3)4)25(36)21-14-20(29)8-9-22(21)38-24-23(30-17-31-32-24)34-15-28(16-34)10-12-33(13-11-28)26(37)39-27(5,6)7/h8-9,14,17-19H,10-13,15-16H2,1-7H3. The second kappa shape index (κ2) is 10.9. The number of nitrogens with zero attached hydrogens (tertiary/aromatic N) is 6. The quantitative estimate of drug-likeness (QED) is 0.508. The molecule has 3 heterocycles. The molecule has 0 bridgehead atoms. The minimum Gasteiger partial charge on any atom is -0.444 e. The normalized spacial score (nSPS) is 16.9. The van der Waals surface area contributed by atoms with E-state index < -0.39 is 11.4 Å². The van der Waals surface area contributed by atoms with Crippen LogP contribution in [0.1, 0.15) is 71.7 Å². The predicted octanol–water partition coefficient (Wildman–Crippen LogP) is 4.90. The number of rotatable bonds is 6. The lowest BCUT2D eigenvalue weighted by Gasteiger charge is -2.54. The molecular weight excluding hydrogens is 503 g/mol. The van der Waals surface area contributed by atoms with Crippen LogP contribution in [0.25, 0.3) is 0 Å². The van der Waals surface area contributed by atoms with Gasteiger partial charge in [-0.2, -0.15) is 0 Å². The molecule has 39 heavy (non-hydrogen) atoms. The first kappa shape index (κ1) is 28.5. The van der Waals surface area contributed by atoms with Crippen LogP contribution in [0.2, 0.25) is 0 Å². The van der Waals surface area contributed by atoms with E-state index in [0.717, 1.165) is 25.9 Å². The van der Waals surface area contributed by atoms with Crippen molar-refractivity contribution in [1.82, 2.24) is 25.0 Å². The van der Waals surface area contributed by atoms with Crippen molar-refractivity contribution in [2.75, 3.05) is 31.1 Å². The average molecular weight is 543 g/mol. The SMILES string of the molecule is CC(C)N(C(=O)c1cc(F)ccc1Oc1nncnc1N1CC2(CCN(C(=O)OC(C)(C)C)CC2)C1)C(C)C. The summed E-state index contributed by atoms with van der Waals surface area (Å²) in [4.78, 5) is 35.8. The number of carbonyl (C=O) groups excluding carboxylic acids is 2. The topological polar surface area (TPSA) is 101 Å². The molecule has 10 nitrogen and oxygen atoms in total. The van der Waals surface area contributed by atoms with Gasteiger partial charge in [-0.15, -0.1) is 10.2 Å². The third-order valence-electron chi connectivity index (χ3n) is 7.13. The highest BCUT2D eigenvalue weighted by Gasteiger charge is 2.47. The van der Waals surface area contributed by atoms with Crippen molar-refractivity contribution in [1.29, 1.82) is 0 Å². The Balaban J connectivity index is 1.47. The number of piperidine rings is 1. The summed E-state index contributed by atoms with van der Waals surface area (Å²) in [6, 6.07) is 3.71. The number of benzene rings is 1. The van der Waals surface area contributed by atoms with E-state index in [1.807, 2.05) is 48.5 Å². The molecule has 0 radical (unpaired) electrons. The molecule has 2 aliphatic heterocycles. The summed E-state index contributed by atoms with van der Waals surface area (Å²) < 4.78 is 25.8. The van der Waals surface area contributed by atoms with Crippen molar-refractivity contribution in [3.8, 4) is 11.6 Å². The maximum atomic E-state index is 14.2. The van der Waals surface area contributed by atoms with Gasteiger partial charge in [0, 0.05) is 43.7 Å². The highest BCUT2D eigenvalue weighted by atomic mass is 19.1. The third-order valence-corrected chi connectivity index (χ3v) is 7.13. The lowest BCUT2D eigenvalue weighted by molar-refractivity contribution is 0.00584. The fourth-order valence-corrected chi connectivity index (χ4v) is 5.33. The number of hydrogen-bond donors (Lipinski definition) is 0. The summed E-state index contributed by atoms with van der Waals surface area (Å²) in [7, 11) is 0. The van der Waals surface area contributed by atoms with Crippen molar-refractivity contribution in [3.05, 3.63) is 35.9 Å². The zero-order chi connectivity index (χ0) is 28.5. The molecule has 0 atom stereocenters. The van der Waals surface area contributed by atoms with Gasteiger partial charge in [-0.1, -0.05) is 0 Å². The number of hydrogen-bond acceptors (Lipinski definition) is 8. The number of amides is 2.